The first-order valence-electron chi connectivity index (χ1n) is 6.64. The predicted octanol–water partition coefficient (Wildman–Crippen LogP) is 2.81. The second-order valence-electron chi connectivity index (χ2n) is 4.89. The van der Waals surface area contributed by atoms with Gasteiger partial charge in [0.15, 0.2) is 0 Å². The van der Waals surface area contributed by atoms with E-state index in [1.54, 1.807) is 0 Å². The van der Waals surface area contributed by atoms with Gasteiger partial charge in [-0.25, -0.2) is 4.98 Å². The van der Waals surface area contributed by atoms with Crippen molar-refractivity contribution in [2.24, 2.45) is 0 Å². The Morgan fingerprint density at radius 3 is 3.17 bits per heavy atom. The number of nitrogens with one attached hydrogen (secondary N) is 1. The van der Waals surface area contributed by atoms with Crippen molar-refractivity contribution in [1.82, 2.24) is 14.9 Å². The summed E-state index contributed by atoms with van der Waals surface area (Å²) >= 11 is 1.85. The second-order valence-corrected chi connectivity index (χ2v) is 5.89. The predicted molar refractivity (Wildman–Crippen MR) is 74.9 cm³/mol. The van der Waals surface area contributed by atoms with E-state index in [-0.39, 0.29) is 0 Å². The normalized spacial score (nSPS) is 15.2. The zero-order valence-corrected chi connectivity index (χ0v) is 11.5. The Kier molecular flexibility index (Phi) is 3.48. The standard InChI is InChI=1S/C14H19N3S/c1-2-11-5-6-18-14(11)9-17-10-15-7-13(17)8-16-12-3-4-12/h5-7,10,12,16H,2-4,8-9H2,1H3. The summed E-state index contributed by atoms with van der Waals surface area (Å²) in [4.78, 5) is 5.75. The number of nitrogens with zero attached hydrogens (tertiary/aromatic N) is 2. The molecule has 1 saturated carbocycles. The molecule has 0 amide bonds. The van der Waals surface area contributed by atoms with Crippen LogP contribution >= 0.6 is 11.3 Å². The van der Waals surface area contributed by atoms with Crippen molar-refractivity contribution >= 4 is 11.3 Å². The third-order valence-corrected chi connectivity index (χ3v) is 4.43. The van der Waals surface area contributed by atoms with Crippen LogP contribution in [0.15, 0.2) is 24.0 Å². The summed E-state index contributed by atoms with van der Waals surface area (Å²) in [6.45, 7) is 4.12. The summed E-state index contributed by atoms with van der Waals surface area (Å²) in [5.41, 5.74) is 2.76. The third kappa shape index (κ3) is 2.65. The minimum atomic E-state index is 0.751. The third-order valence-electron chi connectivity index (χ3n) is 3.48. The highest BCUT2D eigenvalue weighted by atomic mass is 32.1. The fourth-order valence-corrected chi connectivity index (χ4v) is 3.12. The molecule has 2 aromatic rings. The van der Waals surface area contributed by atoms with E-state index in [0.717, 1.165) is 25.6 Å². The maximum absolute atomic E-state index is 4.28. The average molecular weight is 261 g/mol. The smallest absolute Gasteiger partial charge is 0.0952 e. The summed E-state index contributed by atoms with van der Waals surface area (Å²) in [5, 5.41) is 5.74. The van der Waals surface area contributed by atoms with Gasteiger partial charge >= 0.3 is 0 Å². The van der Waals surface area contributed by atoms with Gasteiger partial charge in [0.25, 0.3) is 0 Å². The molecule has 1 N–H and O–H groups in total. The molecule has 4 heteroatoms. The van der Waals surface area contributed by atoms with Gasteiger partial charge in [-0.15, -0.1) is 11.3 Å². The number of imidazole rings is 1. The van der Waals surface area contributed by atoms with E-state index in [0.29, 0.717) is 0 Å². The van der Waals surface area contributed by atoms with E-state index in [9.17, 15) is 0 Å². The first-order chi connectivity index (χ1) is 8.86. The van der Waals surface area contributed by atoms with E-state index in [2.05, 4.69) is 33.2 Å². The second kappa shape index (κ2) is 5.24. The van der Waals surface area contributed by atoms with Crippen LogP contribution in [0.3, 0.4) is 0 Å². The highest BCUT2D eigenvalue weighted by Crippen LogP contribution is 2.21. The SMILES string of the molecule is CCc1ccsc1Cn1cncc1CNC1CC1. The summed E-state index contributed by atoms with van der Waals surface area (Å²) < 4.78 is 2.26. The number of rotatable bonds is 6. The Morgan fingerprint density at radius 2 is 2.39 bits per heavy atom. The van der Waals surface area contributed by atoms with E-state index in [1.807, 2.05) is 23.9 Å². The molecule has 0 spiro atoms. The molecule has 2 aromatic heterocycles. The van der Waals surface area contributed by atoms with Crippen LogP contribution in [0.1, 0.15) is 35.9 Å². The first kappa shape index (κ1) is 11.9. The van der Waals surface area contributed by atoms with Crippen molar-refractivity contribution in [3.8, 4) is 0 Å². The van der Waals surface area contributed by atoms with Gasteiger partial charge < -0.3 is 9.88 Å². The van der Waals surface area contributed by atoms with E-state index >= 15 is 0 Å². The van der Waals surface area contributed by atoms with E-state index < -0.39 is 0 Å². The topological polar surface area (TPSA) is 29.9 Å². The molecule has 0 saturated heterocycles. The Morgan fingerprint density at radius 1 is 1.50 bits per heavy atom. The van der Waals surface area contributed by atoms with Gasteiger partial charge in [0.1, 0.15) is 0 Å². The molecule has 3 nitrogen and oxygen atoms in total. The average Bonchev–Trinajstić information content (AvgIpc) is 2.94. The molecule has 0 atom stereocenters. The minimum absolute atomic E-state index is 0.751. The summed E-state index contributed by atoms with van der Waals surface area (Å²) in [6, 6.07) is 2.99. The summed E-state index contributed by atoms with van der Waals surface area (Å²) in [7, 11) is 0. The lowest BCUT2D eigenvalue weighted by atomic mass is 10.2. The maximum atomic E-state index is 4.28. The lowest BCUT2D eigenvalue weighted by molar-refractivity contribution is 0.635. The van der Waals surface area contributed by atoms with Gasteiger partial charge in [-0.3, -0.25) is 0 Å². The molecule has 0 aromatic carbocycles. The largest absolute Gasteiger partial charge is 0.328 e. The van der Waals surface area contributed by atoms with Crippen LogP contribution in [0.4, 0.5) is 0 Å². The zero-order valence-electron chi connectivity index (χ0n) is 10.7. The van der Waals surface area contributed by atoms with Crippen LogP contribution in [0.5, 0.6) is 0 Å². The molecule has 0 unspecified atom stereocenters. The quantitative estimate of drug-likeness (QED) is 0.866. The first-order valence-corrected chi connectivity index (χ1v) is 7.52. The van der Waals surface area contributed by atoms with Crippen molar-refractivity contribution in [2.75, 3.05) is 0 Å². The minimum Gasteiger partial charge on any atom is -0.328 e. The van der Waals surface area contributed by atoms with Crippen molar-refractivity contribution in [3.63, 3.8) is 0 Å². The van der Waals surface area contributed by atoms with Crippen LogP contribution in [-0.2, 0) is 19.5 Å². The number of thiophene rings is 1. The van der Waals surface area contributed by atoms with E-state index in [4.69, 9.17) is 0 Å². The molecular formula is C14H19N3S. The molecule has 2 heterocycles. The number of hydrogen-bond donors (Lipinski definition) is 1. The lowest BCUT2D eigenvalue weighted by Crippen LogP contribution is -2.18. The number of hydrogen-bond acceptors (Lipinski definition) is 3. The Bertz CT molecular complexity index is 511. The van der Waals surface area contributed by atoms with Crippen LogP contribution in [0.25, 0.3) is 0 Å². The van der Waals surface area contributed by atoms with E-state index in [1.165, 1.54) is 29.0 Å². The van der Waals surface area contributed by atoms with Gasteiger partial charge in [-0.05, 0) is 36.3 Å². The number of aromatic nitrogens is 2. The Labute approximate surface area is 112 Å². The number of aryl methyl sites for hydroxylation is 1. The van der Waals surface area contributed by atoms with Crippen LogP contribution in [0.2, 0.25) is 0 Å². The van der Waals surface area contributed by atoms with Gasteiger partial charge in [-0.2, -0.15) is 0 Å². The monoisotopic (exact) mass is 261 g/mol. The van der Waals surface area contributed by atoms with Gasteiger partial charge in [-0.1, -0.05) is 6.92 Å². The van der Waals surface area contributed by atoms with Crippen LogP contribution in [0, 0.1) is 0 Å². The highest BCUT2D eigenvalue weighted by Gasteiger charge is 2.20. The summed E-state index contributed by atoms with van der Waals surface area (Å²) in [5.74, 6) is 0. The molecule has 0 radical (unpaired) electrons. The molecule has 1 aliphatic carbocycles. The molecule has 96 valence electrons. The van der Waals surface area contributed by atoms with Crippen LogP contribution in [-0.4, -0.2) is 15.6 Å². The molecule has 18 heavy (non-hydrogen) atoms. The molecule has 0 aliphatic heterocycles. The Balaban J connectivity index is 1.69. The van der Waals surface area contributed by atoms with Crippen molar-refractivity contribution in [1.29, 1.82) is 0 Å². The molecule has 0 bridgehead atoms. The van der Waals surface area contributed by atoms with Gasteiger partial charge in [0.2, 0.25) is 0 Å². The van der Waals surface area contributed by atoms with Crippen LogP contribution < -0.4 is 5.32 Å². The summed E-state index contributed by atoms with van der Waals surface area (Å²) in [6.07, 6.45) is 7.71. The molecule has 3 rings (SSSR count). The van der Waals surface area contributed by atoms with Crippen molar-refractivity contribution < 1.29 is 0 Å². The van der Waals surface area contributed by atoms with Crippen molar-refractivity contribution in [3.05, 3.63) is 40.1 Å². The lowest BCUT2D eigenvalue weighted by Gasteiger charge is -2.09. The van der Waals surface area contributed by atoms with Gasteiger partial charge in [0.05, 0.1) is 18.6 Å². The highest BCUT2D eigenvalue weighted by molar-refractivity contribution is 7.10. The molecular weight excluding hydrogens is 242 g/mol. The molecule has 1 fully saturated rings. The van der Waals surface area contributed by atoms with Gasteiger partial charge in [0, 0.05) is 23.7 Å². The fourth-order valence-electron chi connectivity index (χ4n) is 2.15. The maximum Gasteiger partial charge on any atom is 0.0952 e. The van der Waals surface area contributed by atoms with Crippen molar-refractivity contribution in [2.45, 2.75) is 45.3 Å². The zero-order chi connectivity index (χ0) is 12.4. The Hall–Kier alpha value is -1.13. The fraction of sp³-hybridized carbons (Fsp3) is 0.500. The molecule has 1 aliphatic rings.